The third-order valence-corrected chi connectivity index (χ3v) is 6.34. The van der Waals surface area contributed by atoms with Crippen LogP contribution in [0.4, 0.5) is 10.1 Å². The smallest absolute Gasteiger partial charge is 0.237 e. The van der Waals surface area contributed by atoms with Crippen molar-refractivity contribution < 1.29 is 13.9 Å². The number of nitrogens with zero attached hydrogens (tertiary/aromatic N) is 4. The fraction of sp³-hybridized carbons (Fsp3) is 0.348. The number of aromatic nitrogens is 3. The molecule has 7 nitrogen and oxygen atoms in total. The number of carbonyl (C=O) groups is 1. The van der Waals surface area contributed by atoms with Gasteiger partial charge >= 0.3 is 0 Å². The van der Waals surface area contributed by atoms with E-state index < -0.39 is 0 Å². The number of anilines is 1. The van der Waals surface area contributed by atoms with Crippen LogP contribution in [-0.2, 0) is 16.1 Å². The zero-order chi connectivity index (χ0) is 22.3. The van der Waals surface area contributed by atoms with Gasteiger partial charge in [-0.15, -0.1) is 10.2 Å². The number of amides is 1. The van der Waals surface area contributed by atoms with Gasteiger partial charge in [-0.3, -0.25) is 9.69 Å². The van der Waals surface area contributed by atoms with Gasteiger partial charge in [-0.05, 0) is 43.3 Å². The summed E-state index contributed by atoms with van der Waals surface area (Å²) in [5, 5.41) is 12.0. The van der Waals surface area contributed by atoms with E-state index in [1.807, 2.05) is 41.8 Å². The molecule has 1 amide bonds. The summed E-state index contributed by atoms with van der Waals surface area (Å²) in [4.78, 5) is 15.0. The first-order valence-electron chi connectivity index (χ1n) is 10.6. The van der Waals surface area contributed by atoms with Gasteiger partial charge in [-0.2, -0.15) is 0 Å². The molecule has 0 radical (unpaired) electrons. The summed E-state index contributed by atoms with van der Waals surface area (Å²) < 4.78 is 20.9. The highest BCUT2D eigenvalue weighted by Crippen LogP contribution is 2.27. The Morgan fingerprint density at radius 2 is 1.81 bits per heavy atom. The number of ether oxygens (including phenoxy) is 1. The van der Waals surface area contributed by atoms with E-state index in [9.17, 15) is 9.18 Å². The third-order valence-electron chi connectivity index (χ3n) is 5.26. The first-order valence-corrected chi connectivity index (χ1v) is 11.5. The van der Waals surface area contributed by atoms with E-state index in [4.69, 9.17) is 4.74 Å². The summed E-state index contributed by atoms with van der Waals surface area (Å²) >= 11 is 1.36. The number of halogens is 1. The predicted molar refractivity (Wildman–Crippen MR) is 123 cm³/mol. The Kier molecular flexibility index (Phi) is 7.51. The SMILES string of the molecule is CC(Sc1nnc(-c2ccc(F)cc2)n1CCN1CCOCC1)C(=O)Nc1ccccc1. The Bertz CT molecular complexity index is 1020. The molecule has 3 aromatic rings. The molecule has 1 aromatic heterocycles. The molecular weight excluding hydrogens is 429 g/mol. The molecule has 0 saturated carbocycles. The topological polar surface area (TPSA) is 72.3 Å². The largest absolute Gasteiger partial charge is 0.379 e. The van der Waals surface area contributed by atoms with Gasteiger partial charge in [-0.25, -0.2) is 4.39 Å². The first kappa shape index (κ1) is 22.4. The van der Waals surface area contributed by atoms with Crippen LogP contribution in [-0.4, -0.2) is 63.7 Å². The molecule has 1 aliphatic rings. The molecule has 1 unspecified atom stereocenters. The quantitative estimate of drug-likeness (QED) is 0.524. The molecule has 1 fully saturated rings. The number of para-hydroxylation sites is 1. The normalized spacial score (nSPS) is 15.4. The van der Waals surface area contributed by atoms with Crippen LogP contribution in [0.3, 0.4) is 0 Å². The lowest BCUT2D eigenvalue weighted by molar-refractivity contribution is -0.115. The van der Waals surface area contributed by atoms with Crippen LogP contribution >= 0.6 is 11.8 Å². The molecule has 9 heteroatoms. The van der Waals surface area contributed by atoms with Crippen LogP contribution in [0.5, 0.6) is 0 Å². The van der Waals surface area contributed by atoms with Crippen molar-refractivity contribution in [1.29, 1.82) is 0 Å². The van der Waals surface area contributed by atoms with Crippen LogP contribution in [0.25, 0.3) is 11.4 Å². The van der Waals surface area contributed by atoms with E-state index in [0.717, 1.165) is 44.1 Å². The summed E-state index contributed by atoms with van der Waals surface area (Å²) in [6.07, 6.45) is 0. The van der Waals surface area contributed by atoms with Crippen LogP contribution < -0.4 is 5.32 Å². The van der Waals surface area contributed by atoms with E-state index in [0.29, 0.717) is 17.5 Å². The Balaban J connectivity index is 1.51. The molecule has 1 N–H and O–H groups in total. The Morgan fingerprint density at radius 3 is 2.53 bits per heavy atom. The lowest BCUT2D eigenvalue weighted by Crippen LogP contribution is -2.38. The molecule has 1 aliphatic heterocycles. The van der Waals surface area contributed by atoms with Gasteiger partial charge in [0, 0.05) is 37.4 Å². The van der Waals surface area contributed by atoms with E-state index in [1.54, 1.807) is 12.1 Å². The number of rotatable bonds is 8. The molecule has 1 atom stereocenters. The molecule has 0 bridgehead atoms. The number of carbonyl (C=O) groups excluding carboxylic acids is 1. The van der Waals surface area contributed by atoms with Crippen molar-refractivity contribution in [3.8, 4) is 11.4 Å². The second-order valence-corrected chi connectivity index (χ2v) is 8.84. The molecule has 0 spiro atoms. The molecule has 2 aromatic carbocycles. The summed E-state index contributed by atoms with van der Waals surface area (Å²) in [5.41, 5.74) is 1.54. The molecule has 32 heavy (non-hydrogen) atoms. The minimum Gasteiger partial charge on any atom is -0.379 e. The number of hydrogen-bond acceptors (Lipinski definition) is 6. The van der Waals surface area contributed by atoms with Gasteiger partial charge in [0.2, 0.25) is 5.91 Å². The average Bonchev–Trinajstić information content (AvgIpc) is 3.21. The van der Waals surface area contributed by atoms with Gasteiger partial charge in [0.1, 0.15) is 5.82 Å². The van der Waals surface area contributed by atoms with Gasteiger partial charge in [0.15, 0.2) is 11.0 Å². The van der Waals surface area contributed by atoms with Crippen molar-refractivity contribution in [1.82, 2.24) is 19.7 Å². The van der Waals surface area contributed by atoms with Crippen LogP contribution in [0, 0.1) is 5.82 Å². The highest BCUT2D eigenvalue weighted by Gasteiger charge is 2.22. The van der Waals surface area contributed by atoms with Crippen molar-refractivity contribution >= 4 is 23.4 Å². The fourth-order valence-electron chi connectivity index (χ4n) is 3.43. The highest BCUT2D eigenvalue weighted by molar-refractivity contribution is 8.00. The zero-order valence-electron chi connectivity index (χ0n) is 17.9. The highest BCUT2D eigenvalue weighted by atomic mass is 32.2. The Labute approximate surface area is 191 Å². The standard InChI is InChI=1S/C23H26FN5O2S/c1-17(22(30)25-20-5-3-2-4-6-20)32-23-27-26-21(18-7-9-19(24)10-8-18)29(23)12-11-28-13-15-31-16-14-28/h2-10,17H,11-16H2,1H3,(H,25,30). The van der Waals surface area contributed by atoms with E-state index in [1.165, 1.54) is 23.9 Å². The average molecular weight is 456 g/mol. The Morgan fingerprint density at radius 1 is 1.09 bits per heavy atom. The maximum Gasteiger partial charge on any atom is 0.237 e. The lowest BCUT2D eigenvalue weighted by atomic mass is 10.2. The van der Waals surface area contributed by atoms with Crippen molar-refractivity contribution in [2.75, 3.05) is 38.2 Å². The minimum absolute atomic E-state index is 0.104. The maximum absolute atomic E-state index is 13.4. The van der Waals surface area contributed by atoms with Crippen molar-refractivity contribution in [3.05, 3.63) is 60.4 Å². The molecule has 4 rings (SSSR count). The van der Waals surface area contributed by atoms with Gasteiger partial charge in [0.25, 0.3) is 0 Å². The second kappa shape index (κ2) is 10.7. The van der Waals surface area contributed by atoms with E-state index in [-0.39, 0.29) is 17.0 Å². The molecular formula is C23H26FN5O2S. The lowest BCUT2D eigenvalue weighted by Gasteiger charge is -2.27. The van der Waals surface area contributed by atoms with Crippen molar-refractivity contribution in [2.24, 2.45) is 0 Å². The van der Waals surface area contributed by atoms with E-state index in [2.05, 4.69) is 20.4 Å². The number of morpholine rings is 1. The van der Waals surface area contributed by atoms with Crippen LogP contribution in [0.1, 0.15) is 6.92 Å². The van der Waals surface area contributed by atoms with Gasteiger partial charge < -0.3 is 14.6 Å². The Hall–Kier alpha value is -2.75. The molecule has 1 saturated heterocycles. The number of thioether (sulfide) groups is 1. The van der Waals surface area contributed by atoms with Crippen molar-refractivity contribution in [3.63, 3.8) is 0 Å². The number of nitrogens with one attached hydrogen (secondary N) is 1. The van der Waals surface area contributed by atoms with Crippen LogP contribution in [0.2, 0.25) is 0 Å². The second-order valence-electron chi connectivity index (χ2n) is 7.53. The molecule has 168 valence electrons. The fourth-order valence-corrected chi connectivity index (χ4v) is 4.31. The monoisotopic (exact) mass is 455 g/mol. The van der Waals surface area contributed by atoms with Crippen molar-refractivity contribution in [2.45, 2.75) is 23.9 Å². The predicted octanol–water partition coefficient (Wildman–Crippen LogP) is 3.54. The molecule has 0 aliphatic carbocycles. The first-order chi connectivity index (χ1) is 15.6. The summed E-state index contributed by atoms with van der Waals surface area (Å²) in [6, 6.07) is 15.6. The number of hydrogen-bond donors (Lipinski definition) is 1. The minimum atomic E-state index is -0.373. The number of benzene rings is 2. The maximum atomic E-state index is 13.4. The summed E-state index contributed by atoms with van der Waals surface area (Å²) in [7, 11) is 0. The molecule has 2 heterocycles. The van der Waals surface area contributed by atoms with Gasteiger partial charge in [0.05, 0.1) is 18.5 Å². The van der Waals surface area contributed by atoms with E-state index >= 15 is 0 Å². The third kappa shape index (κ3) is 5.73. The summed E-state index contributed by atoms with van der Waals surface area (Å²) in [5.74, 6) is 0.262. The van der Waals surface area contributed by atoms with Gasteiger partial charge in [-0.1, -0.05) is 30.0 Å². The zero-order valence-corrected chi connectivity index (χ0v) is 18.7. The van der Waals surface area contributed by atoms with Crippen LogP contribution in [0.15, 0.2) is 59.8 Å². The summed E-state index contributed by atoms with van der Waals surface area (Å²) in [6.45, 7) is 6.54.